The minimum atomic E-state index is -1.98. The van der Waals surface area contributed by atoms with Crippen molar-refractivity contribution < 1.29 is 28.6 Å². The van der Waals surface area contributed by atoms with E-state index in [-0.39, 0.29) is 29.8 Å². The Morgan fingerprint density at radius 2 is 2.21 bits per heavy atom. The Balaban J connectivity index is 1.98. The number of anilines is 1. The summed E-state index contributed by atoms with van der Waals surface area (Å²) >= 11 is 0. The molecule has 0 aliphatic carbocycles. The maximum absolute atomic E-state index is 13.8. The van der Waals surface area contributed by atoms with Crippen molar-refractivity contribution in [1.82, 2.24) is 24.4 Å². The number of carbonyl (C=O) groups excluding carboxylic acids is 2. The Morgan fingerprint density at radius 3 is 2.85 bits per heavy atom. The molecule has 3 heterocycles. The van der Waals surface area contributed by atoms with Gasteiger partial charge >= 0.3 is 12.0 Å². The number of nitrogens with zero attached hydrogens (tertiary/aromatic N) is 5. The molecule has 3 N–H and O–H groups in total. The smallest absolute Gasteiger partial charge is 0.328 e. The molecule has 0 radical (unpaired) electrons. The van der Waals surface area contributed by atoms with Crippen LogP contribution in [-0.4, -0.2) is 66.4 Å². The summed E-state index contributed by atoms with van der Waals surface area (Å²) in [6.45, 7) is 3.50. The molecule has 1 aliphatic rings. The number of hydrogen-bond donors (Lipinski definition) is 2. The number of fused-ring (bicyclic) bond motifs is 1. The van der Waals surface area contributed by atoms with E-state index < -0.39 is 42.1 Å². The highest BCUT2D eigenvalue weighted by Crippen LogP contribution is 2.41. The molecule has 0 unspecified atom stereocenters. The van der Waals surface area contributed by atoms with Gasteiger partial charge in [0.1, 0.15) is 18.4 Å². The second-order valence-corrected chi connectivity index (χ2v) is 8.14. The van der Waals surface area contributed by atoms with E-state index in [1.165, 1.54) is 24.9 Å². The summed E-state index contributed by atoms with van der Waals surface area (Å²) in [6.07, 6.45) is 7.07. The van der Waals surface area contributed by atoms with Gasteiger partial charge in [-0.15, -0.1) is 6.42 Å². The molecule has 0 aromatic carbocycles. The maximum Gasteiger partial charge on any atom is 0.328 e. The lowest BCUT2D eigenvalue weighted by Gasteiger charge is -2.41. The van der Waals surface area contributed by atoms with E-state index in [0.29, 0.717) is 6.42 Å². The number of aliphatic hydroxyl groups is 1. The number of amides is 1. The van der Waals surface area contributed by atoms with Crippen LogP contribution < -0.4 is 5.73 Å². The number of esters is 1. The lowest BCUT2D eigenvalue weighted by Crippen LogP contribution is -2.62. The second-order valence-electron chi connectivity index (χ2n) is 8.14. The largest absolute Gasteiger partial charge is 0.467 e. The number of aliphatic hydroxyl groups excluding tert-OH is 1. The molecule has 184 valence electrons. The van der Waals surface area contributed by atoms with Crippen LogP contribution in [0.4, 0.5) is 10.2 Å². The molecule has 1 saturated heterocycles. The fourth-order valence-corrected chi connectivity index (χ4v) is 4.18. The average molecular weight is 477 g/mol. The number of terminal acetylenes is 1. The summed E-state index contributed by atoms with van der Waals surface area (Å²) in [5.74, 6) is 1.06. The zero-order valence-electron chi connectivity index (χ0n) is 19.4. The van der Waals surface area contributed by atoms with Crippen molar-refractivity contribution in [2.45, 2.75) is 76.5 Å². The minimum absolute atomic E-state index is 0.0356. The number of rotatable bonds is 9. The highest BCUT2D eigenvalue weighted by molar-refractivity contribution is 5.85. The standard InChI is InChI=1S/C22H29FN6O5/c1-5-7-8-9-10-15(31)29(13(3)20(32)33-4)22(6-2)14(30)11-16(34-22)28-12-25-17-18(24)26-21(23)27-19(17)28/h2,12-14,16,30H,5,7-11H2,1,3-4H3,(H2,24,26,27)/t13-,14-,16+,22+/m0/s1. The average Bonchev–Trinajstić information content (AvgIpc) is 3.37. The van der Waals surface area contributed by atoms with Crippen LogP contribution >= 0.6 is 0 Å². The van der Waals surface area contributed by atoms with E-state index in [4.69, 9.17) is 21.6 Å². The quantitative estimate of drug-likeness (QED) is 0.238. The second kappa shape index (κ2) is 10.3. The summed E-state index contributed by atoms with van der Waals surface area (Å²) in [7, 11) is 1.19. The number of carbonyl (C=O) groups is 2. The van der Waals surface area contributed by atoms with E-state index in [2.05, 4.69) is 20.9 Å². The van der Waals surface area contributed by atoms with Crippen LogP contribution in [0.3, 0.4) is 0 Å². The molecule has 11 nitrogen and oxygen atoms in total. The molecule has 2 aromatic heterocycles. The van der Waals surface area contributed by atoms with Gasteiger partial charge in [0.25, 0.3) is 0 Å². The molecule has 3 rings (SSSR count). The molecular weight excluding hydrogens is 447 g/mol. The molecular formula is C22H29FN6O5. The van der Waals surface area contributed by atoms with Gasteiger partial charge in [-0.25, -0.2) is 9.78 Å². The van der Waals surface area contributed by atoms with Crippen LogP contribution in [0.5, 0.6) is 0 Å². The molecule has 12 heteroatoms. The zero-order chi connectivity index (χ0) is 25.0. The number of methoxy groups -OCH3 is 1. The van der Waals surface area contributed by atoms with Crippen molar-refractivity contribution in [3.8, 4) is 12.3 Å². The number of nitrogens with two attached hydrogens (primary N) is 1. The Kier molecular flexibility index (Phi) is 7.68. The topological polar surface area (TPSA) is 146 Å². The number of halogens is 1. The number of imidazole rings is 1. The van der Waals surface area contributed by atoms with E-state index >= 15 is 0 Å². The molecule has 1 amide bonds. The van der Waals surface area contributed by atoms with Gasteiger partial charge in [0.05, 0.1) is 13.4 Å². The van der Waals surface area contributed by atoms with Gasteiger partial charge in [-0.1, -0.05) is 26.2 Å². The monoisotopic (exact) mass is 476 g/mol. The predicted molar refractivity (Wildman–Crippen MR) is 119 cm³/mol. The van der Waals surface area contributed by atoms with E-state index in [0.717, 1.165) is 24.2 Å². The molecule has 2 aromatic rings. The lowest BCUT2D eigenvalue weighted by molar-refractivity contribution is -0.191. The van der Waals surface area contributed by atoms with Crippen molar-refractivity contribution in [2.75, 3.05) is 12.8 Å². The van der Waals surface area contributed by atoms with Gasteiger partial charge in [-0.05, 0) is 19.3 Å². The van der Waals surface area contributed by atoms with Crippen molar-refractivity contribution in [3.63, 3.8) is 0 Å². The highest BCUT2D eigenvalue weighted by Gasteiger charge is 2.56. The van der Waals surface area contributed by atoms with E-state index in [9.17, 15) is 19.1 Å². The molecule has 1 aliphatic heterocycles. The van der Waals surface area contributed by atoms with Gasteiger partial charge in [0, 0.05) is 12.8 Å². The number of ether oxygens (including phenoxy) is 2. The Labute approximate surface area is 196 Å². The minimum Gasteiger partial charge on any atom is -0.467 e. The zero-order valence-corrected chi connectivity index (χ0v) is 19.4. The predicted octanol–water partition coefficient (Wildman–Crippen LogP) is 1.52. The fourth-order valence-electron chi connectivity index (χ4n) is 4.18. The summed E-state index contributed by atoms with van der Waals surface area (Å²) in [5.41, 5.74) is 3.93. The van der Waals surface area contributed by atoms with Crippen LogP contribution in [0.25, 0.3) is 11.2 Å². The van der Waals surface area contributed by atoms with Gasteiger partial charge in [-0.3, -0.25) is 14.3 Å². The lowest BCUT2D eigenvalue weighted by atomic mass is 10.0. The first-order valence-electron chi connectivity index (χ1n) is 11.1. The SMILES string of the molecule is C#C[C@@]1(N(C(=O)CCCCCC)[C@@H](C)C(=O)OC)O[C@@H](n2cnc3c(N)nc(F)nc32)C[C@@H]1O. The molecule has 34 heavy (non-hydrogen) atoms. The first-order chi connectivity index (χ1) is 16.2. The van der Waals surface area contributed by atoms with E-state index in [1.807, 2.05) is 6.92 Å². The first kappa shape index (κ1) is 25.3. The number of aromatic nitrogens is 4. The van der Waals surface area contributed by atoms with Crippen molar-refractivity contribution in [2.24, 2.45) is 0 Å². The summed E-state index contributed by atoms with van der Waals surface area (Å²) < 4.78 is 26.1. The van der Waals surface area contributed by atoms with Gasteiger partial charge < -0.3 is 20.3 Å². The van der Waals surface area contributed by atoms with Crippen molar-refractivity contribution in [3.05, 3.63) is 12.4 Å². The van der Waals surface area contributed by atoms with Gasteiger partial charge in [0.2, 0.25) is 11.6 Å². The molecule has 0 spiro atoms. The molecule has 1 fully saturated rings. The number of nitrogen functional groups attached to an aromatic ring is 1. The summed E-state index contributed by atoms with van der Waals surface area (Å²) in [6, 6.07) is -1.14. The first-order valence-corrected chi connectivity index (χ1v) is 11.1. The van der Waals surface area contributed by atoms with Gasteiger partial charge in [0.15, 0.2) is 17.0 Å². The van der Waals surface area contributed by atoms with Crippen LogP contribution in [0, 0.1) is 18.4 Å². The molecule has 0 bridgehead atoms. The van der Waals surface area contributed by atoms with Crippen LogP contribution in [0.1, 0.15) is 58.6 Å². The summed E-state index contributed by atoms with van der Waals surface area (Å²) in [4.78, 5) is 38.0. The number of unbranched alkanes of at least 4 members (excludes halogenated alkanes) is 3. The van der Waals surface area contributed by atoms with Crippen molar-refractivity contribution in [1.29, 1.82) is 0 Å². The molecule has 4 atom stereocenters. The van der Waals surface area contributed by atoms with Gasteiger partial charge in [-0.2, -0.15) is 14.4 Å². The molecule has 0 saturated carbocycles. The summed E-state index contributed by atoms with van der Waals surface area (Å²) in [5, 5.41) is 11.0. The number of hydrogen-bond acceptors (Lipinski definition) is 9. The fraction of sp³-hybridized carbons (Fsp3) is 0.591. The highest BCUT2D eigenvalue weighted by atomic mass is 19.1. The Bertz CT molecular complexity index is 1100. The third-order valence-corrected chi connectivity index (χ3v) is 5.93. The Morgan fingerprint density at radius 1 is 1.47 bits per heavy atom. The van der Waals surface area contributed by atoms with E-state index in [1.54, 1.807) is 0 Å². The third-order valence-electron chi connectivity index (χ3n) is 5.93. The maximum atomic E-state index is 13.8. The van der Waals surface area contributed by atoms with Crippen molar-refractivity contribution >= 4 is 28.9 Å². The van der Waals surface area contributed by atoms with Crippen LogP contribution in [0.15, 0.2) is 6.33 Å². The van der Waals surface area contributed by atoms with Crippen LogP contribution in [0.2, 0.25) is 0 Å². The van der Waals surface area contributed by atoms with Crippen LogP contribution in [-0.2, 0) is 19.1 Å². The Hall–Kier alpha value is -3.30. The normalized spacial score (nSPS) is 22.9. The third kappa shape index (κ3) is 4.53.